The molecule has 0 fully saturated rings. The zero-order chi connectivity index (χ0) is 25.8. The molecule has 2 atom stereocenters. The van der Waals surface area contributed by atoms with Gasteiger partial charge in [0.2, 0.25) is 11.8 Å². The van der Waals surface area contributed by atoms with E-state index >= 15 is 0 Å². The average molecular weight is 492 g/mol. The average Bonchev–Trinajstić information content (AvgIpc) is 3.26. The Kier molecular flexibility index (Phi) is 6.95. The van der Waals surface area contributed by atoms with Crippen LogP contribution in [0.3, 0.4) is 0 Å². The molecule has 36 heavy (non-hydrogen) atoms. The summed E-state index contributed by atoms with van der Waals surface area (Å²) in [5, 5.41) is 44.7. The summed E-state index contributed by atoms with van der Waals surface area (Å²) in [6, 6.07) is 14.9. The van der Waals surface area contributed by atoms with Gasteiger partial charge in [0.1, 0.15) is 6.10 Å². The highest BCUT2D eigenvalue weighted by Crippen LogP contribution is 2.31. The first-order valence-corrected chi connectivity index (χ1v) is 11.1. The number of rotatable bonds is 7. The van der Waals surface area contributed by atoms with Crippen LogP contribution in [0.5, 0.6) is 23.0 Å². The Morgan fingerprint density at radius 2 is 1.47 bits per heavy atom. The molecule has 0 bridgehead atoms. The number of hydrogen-bond acceptors (Lipinski definition) is 8. The van der Waals surface area contributed by atoms with Gasteiger partial charge in [-0.15, -0.1) is 0 Å². The largest absolute Gasteiger partial charge is 0.504 e. The third-order valence-electron chi connectivity index (χ3n) is 5.68. The van der Waals surface area contributed by atoms with Gasteiger partial charge in [-0.3, -0.25) is 9.59 Å². The van der Waals surface area contributed by atoms with Crippen molar-refractivity contribution in [3.8, 4) is 23.0 Å². The van der Waals surface area contributed by atoms with Gasteiger partial charge in [-0.25, -0.2) is 4.99 Å². The van der Waals surface area contributed by atoms with E-state index in [4.69, 9.17) is 4.74 Å². The lowest BCUT2D eigenvalue weighted by atomic mass is 10.1. The number of nitrogens with zero attached hydrogens (tertiary/aromatic N) is 1. The fourth-order valence-corrected chi connectivity index (χ4v) is 3.75. The molecule has 3 aromatic carbocycles. The summed E-state index contributed by atoms with van der Waals surface area (Å²) in [5.41, 5.74) is 1.72. The molecule has 0 spiro atoms. The highest BCUT2D eigenvalue weighted by atomic mass is 16.5. The fourth-order valence-electron chi connectivity index (χ4n) is 3.75. The maximum Gasteiger partial charge on any atom is 0.255 e. The minimum Gasteiger partial charge on any atom is -0.504 e. The topological polar surface area (TPSA) is 161 Å². The van der Waals surface area contributed by atoms with Crippen molar-refractivity contribution in [2.45, 2.75) is 32.2 Å². The van der Waals surface area contributed by atoms with E-state index in [0.29, 0.717) is 0 Å². The number of hydrogen-bond donors (Lipinski definition) is 6. The predicted octanol–water partition coefficient (Wildman–Crippen LogP) is 2.29. The molecule has 1 heterocycles. The summed E-state index contributed by atoms with van der Waals surface area (Å²) in [4.78, 5) is 29.4. The number of carbonyl (C=O) groups is 2. The van der Waals surface area contributed by atoms with Crippen LogP contribution in [-0.2, 0) is 22.6 Å². The number of aliphatic imine (C=N–C) groups is 1. The molecule has 1 aliphatic heterocycles. The van der Waals surface area contributed by atoms with Gasteiger partial charge >= 0.3 is 0 Å². The summed E-state index contributed by atoms with van der Waals surface area (Å²) < 4.78 is 5.64. The monoisotopic (exact) mass is 491 g/mol. The van der Waals surface area contributed by atoms with Gasteiger partial charge in [0.05, 0.1) is 11.1 Å². The Morgan fingerprint density at radius 3 is 2.19 bits per heavy atom. The quantitative estimate of drug-likeness (QED) is 0.276. The maximum atomic E-state index is 12.8. The van der Waals surface area contributed by atoms with E-state index < -0.39 is 23.8 Å². The summed E-state index contributed by atoms with van der Waals surface area (Å²) in [5.74, 6) is -2.37. The van der Waals surface area contributed by atoms with Gasteiger partial charge < -0.3 is 35.8 Å². The van der Waals surface area contributed by atoms with Crippen LogP contribution in [0, 0.1) is 0 Å². The molecular formula is C26H25N3O7. The van der Waals surface area contributed by atoms with Crippen LogP contribution in [0.4, 0.5) is 0 Å². The summed E-state index contributed by atoms with van der Waals surface area (Å²) >= 11 is 0. The number of nitrogens with one attached hydrogen (secondary N) is 2. The number of ether oxygens (including phenoxy) is 1. The van der Waals surface area contributed by atoms with E-state index in [9.17, 15) is 30.0 Å². The molecule has 0 aliphatic carbocycles. The second-order valence-electron chi connectivity index (χ2n) is 8.27. The molecule has 10 nitrogen and oxygen atoms in total. The minimum absolute atomic E-state index is 0.0368. The third kappa shape index (κ3) is 5.17. The zero-order valence-corrected chi connectivity index (χ0v) is 19.3. The van der Waals surface area contributed by atoms with E-state index in [-0.39, 0.29) is 53.3 Å². The SMILES string of the molecule is CC1OC(c2cccc(O)c2O)=NC1C(=O)NCc1cccc(CNC(=O)c2cccc(O)c2O)c1. The van der Waals surface area contributed by atoms with Crippen LogP contribution >= 0.6 is 0 Å². The lowest BCUT2D eigenvalue weighted by molar-refractivity contribution is -0.123. The molecule has 3 aromatic rings. The molecule has 6 N–H and O–H groups in total. The Morgan fingerprint density at radius 1 is 0.861 bits per heavy atom. The van der Waals surface area contributed by atoms with Crippen LogP contribution in [0.15, 0.2) is 65.7 Å². The number of para-hydroxylation sites is 2. The van der Waals surface area contributed by atoms with Gasteiger partial charge in [0, 0.05) is 13.1 Å². The molecule has 186 valence electrons. The van der Waals surface area contributed by atoms with Crippen LogP contribution in [0.2, 0.25) is 0 Å². The molecule has 2 amide bonds. The molecule has 10 heteroatoms. The third-order valence-corrected chi connectivity index (χ3v) is 5.68. The highest BCUT2D eigenvalue weighted by Gasteiger charge is 2.34. The molecule has 4 rings (SSSR count). The molecule has 0 aromatic heterocycles. The van der Waals surface area contributed by atoms with E-state index in [1.807, 2.05) is 12.1 Å². The van der Waals surface area contributed by atoms with Crippen LogP contribution in [0.1, 0.15) is 34.0 Å². The summed E-state index contributed by atoms with van der Waals surface area (Å²) in [6.07, 6.45) is -0.572. The van der Waals surface area contributed by atoms with Crippen LogP contribution in [0.25, 0.3) is 0 Å². The maximum absolute atomic E-state index is 12.8. The molecule has 1 aliphatic rings. The lowest BCUT2D eigenvalue weighted by Gasteiger charge is -2.13. The molecular weight excluding hydrogens is 466 g/mol. The molecule has 0 saturated carbocycles. The first kappa shape index (κ1) is 24.4. The van der Waals surface area contributed by atoms with Gasteiger partial charge in [-0.1, -0.05) is 36.4 Å². The number of phenolic OH excluding ortho intramolecular Hbond substituents is 4. The first-order valence-electron chi connectivity index (χ1n) is 11.1. The van der Waals surface area contributed by atoms with Crippen molar-refractivity contribution in [3.63, 3.8) is 0 Å². The Labute approximate surface area is 206 Å². The number of benzene rings is 3. The molecule has 0 radical (unpaired) electrons. The van der Waals surface area contributed by atoms with Crippen LogP contribution < -0.4 is 10.6 Å². The Bertz CT molecular complexity index is 1340. The summed E-state index contributed by atoms with van der Waals surface area (Å²) in [6.45, 7) is 2.07. The zero-order valence-electron chi connectivity index (χ0n) is 19.3. The van der Waals surface area contributed by atoms with Crippen molar-refractivity contribution in [3.05, 3.63) is 82.9 Å². The van der Waals surface area contributed by atoms with Gasteiger partial charge in [0.25, 0.3) is 5.91 Å². The second-order valence-corrected chi connectivity index (χ2v) is 8.27. The first-order chi connectivity index (χ1) is 17.2. The lowest BCUT2D eigenvalue weighted by Crippen LogP contribution is -2.37. The van der Waals surface area contributed by atoms with Crippen molar-refractivity contribution >= 4 is 17.7 Å². The van der Waals surface area contributed by atoms with E-state index in [1.54, 1.807) is 19.1 Å². The number of carbonyl (C=O) groups excluding carboxylic acids is 2. The van der Waals surface area contributed by atoms with Crippen molar-refractivity contribution in [2.24, 2.45) is 4.99 Å². The van der Waals surface area contributed by atoms with Crippen molar-refractivity contribution < 1.29 is 34.8 Å². The number of amides is 2. The Hall–Kier alpha value is -4.73. The smallest absolute Gasteiger partial charge is 0.255 e. The van der Waals surface area contributed by atoms with Gasteiger partial charge in [-0.05, 0) is 42.3 Å². The highest BCUT2D eigenvalue weighted by molar-refractivity contribution is 6.01. The standard InChI is InChI=1S/C26H25N3O7/c1-14-21(29-26(36-14)18-8-4-10-20(31)23(18)33)25(35)28-13-16-6-2-5-15(11-16)12-27-24(34)17-7-3-9-19(30)22(17)32/h2-11,14,21,30-33H,12-13H2,1H3,(H,27,34)(H,28,35). The van der Waals surface area contributed by atoms with Crippen molar-refractivity contribution in [1.29, 1.82) is 0 Å². The van der Waals surface area contributed by atoms with Gasteiger partial charge in [0.15, 0.2) is 29.0 Å². The summed E-state index contributed by atoms with van der Waals surface area (Å²) in [7, 11) is 0. The number of aromatic hydroxyl groups is 4. The molecule has 0 saturated heterocycles. The Balaban J connectivity index is 1.36. The van der Waals surface area contributed by atoms with E-state index in [1.165, 1.54) is 36.4 Å². The predicted molar refractivity (Wildman–Crippen MR) is 130 cm³/mol. The minimum atomic E-state index is -0.834. The number of phenols is 4. The van der Waals surface area contributed by atoms with E-state index in [2.05, 4.69) is 15.6 Å². The van der Waals surface area contributed by atoms with Crippen molar-refractivity contribution in [2.75, 3.05) is 0 Å². The normalized spacial score (nSPS) is 16.6. The second kappa shape index (κ2) is 10.3. The fraction of sp³-hybridized carbons (Fsp3) is 0.192. The van der Waals surface area contributed by atoms with E-state index in [0.717, 1.165) is 11.1 Å². The van der Waals surface area contributed by atoms with Gasteiger partial charge in [-0.2, -0.15) is 0 Å². The van der Waals surface area contributed by atoms with Crippen LogP contribution in [-0.4, -0.2) is 50.3 Å². The van der Waals surface area contributed by atoms with Crippen molar-refractivity contribution in [1.82, 2.24) is 10.6 Å². The molecule has 2 unspecified atom stereocenters.